The van der Waals surface area contributed by atoms with Gasteiger partial charge in [0.15, 0.2) is 22.2 Å². The van der Waals surface area contributed by atoms with E-state index >= 15 is 0 Å². The molecule has 0 amide bonds. The van der Waals surface area contributed by atoms with Crippen LogP contribution < -0.4 is 0 Å². The molecule has 0 saturated carbocycles. The van der Waals surface area contributed by atoms with Crippen LogP contribution in [-0.4, -0.2) is 34.7 Å². The van der Waals surface area contributed by atoms with Crippen LogP contribution >= 0.6 is 22.7 Å². The fourth-order valence-corrected chi connectivity index (χ4v) is 6.61. The van der Waals surface area contributed by atoms with Crippen molar-refractivity contribution in [1.29, 1.82) is 0 Å². The highest BCUT2D eigenvalue weighted by Gasteiger charge is 2.37. The third-order valence-electron chi connectivity index (χ3n) is 4.05. The number of halogens is 6. The van der Waals surface area contributed by atoms with Gasteiger partial charge in [-0.25, -0.2) is 9.97 Å². The van der Waals surface area contributed by atoms with Gasteiger partial charge >= 0.3 is 12.4 Å². The number of nitrogens with zero attached hydrogens (tertiary/aromatic N) is 5. The lowest BCUT2D eigenvalue weighted by Gasteiger charge is -2.04. The maximum absolute atomic E-state index is 13.0. The summed E-state index contributed by atoms with van der Waals surface area (Å²) < 4.78 is 92.0. The lowest BCUT2D eigenvalue weighted by Crippen LogP contribution is -2.09. The van der Waals surface area contributed by atoms with Crippen molar-refractivity contribution >= 4 is 54.2 Å². The zero-order chi connectivity index (χ0) is 22.0. The van der Waals surface area contributed by atoms with Crippen molar-refractivity contribution in [2.45, 2.75) is 24.2 Å². The zero-order valence-corrected chi connectivity index (χ0v) is 17.4. The molecule has 0 aromatic carbocycles. The Labute approximate surface area is 174 Å². The summed E-state index contributed by atoms with van der Waals surface area (Å²) in [6.45, 7) is 1.60. The molecular formula is C15H9F6N5OS3. The summed E-state index contributed by atoms with van der Waals surface area (Å²) in [5.41, 5.74) is -1.27. The summed E-state index contributed by atoms with van der Waals surface area (Å²) in [4.78, 5) is 8.21. The van der Waals surface area contributed by atoms with E-state index in [1.807, 2.05) is 0 Å². The van der Waals surface area contributed by atoms with E-state index in [2.05, 4.69) is 20.2 Å². The lowest BCUT2D eigenvalue weighted by atomic mass is 10.3. The maximum atomic E-state index is 13.0. The molecule has 1 atom stereocenters. The molecule has 0 radical (unpaired) electrons. The summed E-state index contributed by atoms with van der Waals surface area (Å²) in [6.07, 6.45) is -9.35. The second kappa shape index (κ2) is 6.95. The zero-order valence-electron chi connectivity index (χ0n) is 14.9. The van der Waals surface area contributed by atoms with Crippen LogP contribution in [0.25, 0.3) is 31.4 Å². The molecule has 4 aromatic rings. The van der Waals surface area contributed by atoms with Crippen LogP contribution in [0.5, 0.6) is 0 Å². The number of alkyl halides is 6. The maximum Gasteiger partial charge on any atom is 0.443 e. The largest absolute Gasteiger partial charge is 0.443 e. The van der Waals surface area contributed by atoms with Crippen LogP contribution in [0.1, 0.15) is 17.6 Å². The normalized spacial score (nSPS) is 14.1. The Bertz CT molecular complexity index is 1300. The van der Waals surface area contributed by atoms with E-state index in [0.717, 1.165) is 17.4 Å². The van der Waals surface area contributed by atoms with Gasteiger partial charge in [-0.15, -0.1) is 32.9 Å². The average molecular weight is 485 g/mol. The molecule has 4 aromatic heterocycles. The first kappa shape index (κ1) is 21.1. The second-order valence-electron chi connectivity index (χ2n) is 5.98. The first-order chi connectivity index (χ1) is 13.9. The Balaban J connectivity index is 1.96. The van der Waals surface area contributed by atoms with Crippen molar-refractivity contribution in [2.24, 2.45) is 7.05 Å². The number of thiophene rings is 1. The van der Waals surface area contributed by atoms with E-state index in [0.29, 0.717) is 11.3 Å². The van der Waals surface area contributed by atoms with Gasteiger partial charge in [-0.1, -0.05) is 6.92 Å². The van der Waals surface area contributed by atoms with Gasteiger partial charge in [0.1, 0.15) is 10.3 Å². The summed E-state index contributed by atoms with van der Waals surface area (Å²) in [6, 6.07) is 0.734. The van der Waals surface area contributed by atoms with E-state index in [-0.39, 0.29) is 42.0 Å². The Morgan fingerprint density at radius 2 is 1.77 bits per heavy atom. The fraction of sp³-hybridized carbons (Fsp3) is 0.333. The molecule has 4 rings (SSSR count). The second-order valence-corrected chi connectivity index (χ2v) is 9.65. The third kappa shape index (κ3) is 3.37. The number of aryl methyl sites for hydroxylation is 1. The van der Waals surface area contributed by atoms with E-state index in [1.165, 1.54) is 11.6 Å². The third-order valence-corrected chi connectivity index (χ3v) is 8.02. The van der Waals surface area contributed by atoms with Crippen LogP contribution in [0, 0.1) is 0 Å². The molecule has 0 bridgehead atoms. The molecule has 0 aliphatic carbocycles. The minimum atomic E-state index is -4.71. The predicted molar refractivity (Wildman–Crippen MR) is 99.7 cm³/mol. The highest BCUT2D eigenvalue weighted by atomic mass is 32.2. The molecule has 15 heteroatoms. The van der Waals surface area contributed by atoms with Gasteiger partial charge in [0.05, 0.1) is 25.3 Å². The van der Waals surface area contributed by atoms with Gasteiger partial charge in [0.25, 0.3) is 0 Å². The number of aromatic nitrogens is 5. The number of rotatable bonds is 3. The average Bonchev–Trinajstić information content (AvgIpc) is 3.30. The van der Waals surface area contributed by atoms with Gasteiger partial charge in [-0.05, 0) is 0 Å². The van der Waals surface area contributed by atoms with Gasteiger partial charge in [-0.3, -0.25) is 4.21 Å². The molecule has 0 N–H and O–H groups in total. The quantitative estimate of drug-likeness (QED) is 0.387. The molecule has 0 aliphatic rings. The topological polar surface area (TPSA) is 73.6 Å². The van der Waals surface area contributed by atoms with Crippen LogP contribution in [0.3, 0.4) is 0 Å². The molecule has 0 aliphatic heterocycles. The van der Waals surface area contributed by atoms with E-state index in [4.69, 9.17) is 0 Å². The first-order valence-corrected chi connectivity index (χ1v) is 11.0. The lowest BCUT2D eigenvalue weighted by molar-refractivity contribution is -0.141. The Hall–Kier alpha value is -2.13. The van der Waals surface area contributed by atoms with Crippen molar-refractivity contribution < 1.29 is 30.6 Å². The summed E-state index contributed by atoms with van der Waals surface area (Å²) in [5.74, 6) is 0.249. The fourth-order valence-electron chi connectivity index (χ4n) is 2.71. The van der Waals surface area contributed by atoms with E-state index in [9.17, 15) is 30.6 Å². The minimum Gasteiger partial charge on any atom is -0.310 e. The molecule has 0 spiro atoms. The van der Waals surface area contributed by atoms with Gasteiger partial charge in [0.2, 0.25) is 0 Å². The first-order valence-electron chi connectivity index (χ1n) is 8.08. The predicted octanol–water partition coefficient (Wildman–Crippen LogP) is 4.87. The molecule has 0 fully saturated rings. The van der Waals surface area contributed by atoms with E-state index < -0.39 is 33.9 Å². The monoisotopic (exact) mass is 485 g/mol. The van der Waals surface area contributed by atoms with Crippen molar-refractivity contribution in [3.63, 3.8) is 0 Å². The molecule has 160 valence electrons. The van der Waals surface area contributed by atoms with Gasteiger partial charge < -0.3 is 4.57 Å². The van der Waals surface area contributed by atoms with Crippen molar-refractivity contribution in [2.75, 3.05) is 5.75 Å². The van der Waals surface area contributed by atoms with Gasteiger partial charge in [0, 0.05) is 18.9 Å². The highest BCUT2D eigenvalue weighted by Crippen LogP contribution is 2.46. The summed E-state index contributed by atoms with van der Waals surface area (Å²) in [5, 5.41) is 5.68. The standard InChI is InChI=1S/C15H9F6N5OS3/c1-3-30(27)9-7(28-12-8(9)29-13(23-12)15(19,20)21)11-22-5-4-6(14(16,17)18)24-25-10(5)26(11)2/h4H,3H2,1-2H3. The number of imidazole rings is 1. The van der Waals surface area contributed by atoms with E-state index in [1.54, 1.807) is 6.92 Å². The molecule has 1 unspecified atom stereocenters. The molecule has 0 saturated heterocycles. The van der Waals surface area contributed by atoms with Crippen molar-refractivity contribution in [3.8, 4) is 10.7 Å². The molecule has 4 heterocycles. The minimum absolute atomic E-state index is 0.0354. The van der Waals surface area contributed by atoms with Crippen LogP contribution in [0.2, 0.25) is 0 Å². The Morgan fingerprint density at radius 1 is 1.07 bits per heavy atom. The SMILES string of the molecule is CCS(=O)c1c(-c2nc3cc(C(F)(F)F)nnc3n2C)sc2nc(C(F)(F)F)sc12. The van der Waals surface area contributed by atoms with Crippen molar-refractivity contribution in [3.05, 3.63) is 16.8 Å². The molecular weight excluding hydrogens is 476 g/mol. The number of hydrogen-bond donors (Lipinski definition) is 0. The Kier molecular flexibility index (Phi) is 4.89. The Morgan fingerprint density at radius 3 is 2.37 bits per heavy atom. The number of thiazole rings is 1. The number of hydrogen-bond acceptors (Lipinski definition) is 7. The van der Waals surface area contributed by atoms with Crippen LogP contribution in [0.4, 0.5) is 26.3 Å². The molecule has 30 heavy (non-hydrogen) atoms. The van der Waals surface area contributed by atoms with Crippen molar-refractivity contribution in [1.82, 2.24) is 24.7 Å². The summed E-state index contributed by atoms with van der Waals surface area (Å²) >= 11 is 1.23. The van der Waals surface area contributed by atoms with Crippen LogP contribution in [0.15, 0.2) is 11.0 Å². The summed E-state index contributed by atoms with van der Waals surface area (Å²) in [7, 11) is -0.184. The smallest absolute Gasteiger partial charge is 0.310 e. The number of fused-ring (bicyclic) bond motifs is 2. The highest BCUT2D eigenvalue weighted by molar-refractivity contribution is 7.85. The van der Waals surface area contributed by atoms with Crippen LogP contribution in [-0.2, 0) is 30.2 Å². The molecule has 6 nitrogen and oxygen atoms in total. The van der Waals surface area contributed by atoms with Gasteiger partial charge in [-0.2, -0.15) is 26.3 Å².